The lowest BCUT2D eigenvalue weighted by Crippen LogP contribution is -2.04. The van der Waals surface area contributed by atoms with E-state index < -0.39 is 15.6 Å². The van der Waals surface area contributed by atoms with Crippen LogP contribution in [0.2, 0.25) is 0 Å². The summed E-state index contributed by atoms with van der Waals surface area (Å²) in [6.07, 6.45) is 11.3. The summed E-state index contributed by atoms with van der Waals surface area (Å²) in [6.45, 7) is -0.823. The second-order valence-electron chi connectivity index (χ2n) is 6.60. The summed E-state index contributed by atoms with van der Waals surface area (Å²) >= 11 is 0. The standard InChI is InChI=1S/C20H20O11P2/c21-32(27-13-17-1-5-23-9-17,28-14-18-2-6-24-10-18)31-33(22,29-15-19-3-7-25-11-19)30-16-20-4-8-26-12-20/h1-12H,13-16H2. The number of hydrogen-bond acceptors (Lipinski definition) is 11. The van der Waals surface area contributed by atoms with Crippen LogP contribution in [0.1, 0.15) is 22.3 Å². The first-order valence-electron chi connectivity index (χ1n) is 9.56. The molecular weight excluding hydrogens is 478 g/mol. The van der Waals surface area contributed by atoms with Crippen molar-refractivity contribution in [3.8, 4) is 0 Å². The third kappa shape index (κ3) is 7.18. The normalized spacial score (nSPS) is 12.4. The minimum Gasteiger partial charge on any atom is -0.472 e. The van der Waals surface area contributed by atoms with Gasteiger partial charge >= 0.3 is 15.6 Å². The molecule has 0 N–H and O–H groups in total. The molecule has 0 aromatic carbocycles. The fourth-order valence-electron chi connectivity index (χ4n) is 2.40. The van der Waals surface area contributed by atoms with Crippen LogP contribution < -0.4 is 0 Å². The Balaban J connectivity index is 1.50. The molecule has 0 spiro atoms. The molecule has 4 heterocycles. The summed E-state index contributed by atoms with van der Waals surface area (Å²) in [5.74, 6) is 0. The zero-order valence-electron chi connectivity index (χ0n) is 17.1. The Bertz CT molecular complexity index is 972. The molecular formula is C20H20O11P2. The van der Waals surface area contributed by atoms with Crippen molar-refractivity contribution in [1.29, 1.82) is 0 Å². The summed E-state index contributed by atoms with van der Waals surface area (Å²) in [4.78, 5) is 0. The Morgan fingerprint density at radius 2 is 0.788 bits per heavy atom. The van der Waals surface area contributed by atoms with Gasteiger partial charge in [-0.2, -0.15) is 4.31 Å². The predicted molar refractivity (Wildman–Crippen MR) is 110 cm³/mol. The second kappa shape index (κ2) is 11.0. The second-order valence-corrected chi connectivity index (χ2v) is 10.1. The molecule has 11 nitrogen and oxygen atoms in total. The van der Waals surface area contributed by atoms with Crippen molar-refractivity contribution in [2.75, 3.05) is 0 Å². The van der Waals surface area contributed by atoms with Gasteiger partial charge < -0.3 is 17.7 Å². The van der Waals surface area contributed by atoms with Crippen molar-refractivity contribution in [3.63, 3.8) is 0 Å². The van der Waals surface area contributed by atoms with Crippen LogP contribution in [0.5, 0.6) is 0 Å². The van der Waals surface area contributed by atoms with Gasteiger partial charge in [-0.05, 0) is 24.3 Å². The predicted octanol–water partition coefficient (Wildman–Crippen LogP) is 6.46. The molecule has 0 fully saturated rings. The summed E-state index contributed by atoms with van der Waals surface area (Å²) < 4.78 is 73.7. The molecule has 0 aliphatic rings. The SMILES string of the molecule is O=P(OCc1ccoc1)(OCc1ccoc1)OP(=O)(OCc1ccoc1)OCc1ccoc1. The molecule has 0 bridgehead atoms. The monoisotopic (exact) mass is 498 g/mol. The molecule has 176 valence electrons. The van der Waals surface area contributed by atoms with Crippen LogP contribution in [0.15, 0.2) is 92.0 Å². The van der Waals surface area contributed by atoms with Crippen LogP contribution in [0.25, 0.3) is 0 Å². The Morgan fingerprint density at radius 1 is 0.515 bits per heavy atom. The number of phosphoric acid groups is 2. The molecule has 0 atom stereocenters. The van der Waals surface area contributed by atoms with Gasteiger partial charge in [-0.15, -0.1) is 0 Å². The van der Waals surface area contributed by atoms with Gasteiger partial charge in [0, 0.05) is 22.3 Å². The first kappa shape index (κ1) is 23.5. The maximum atomic E-state index is 13.4. The summed E-state index contributed by atoms with van der Waals surface area (Å²) in [7, 11) is -8.96. The van der Waals surface area contributed by atoms with Crippen molar-refractivity contribution in [2.24, 2.45) is 0 Å². The minimum absolute atomic E-state index is 0.206. The molecule has 0 aliphatic heterocycles. The Kier molecular flexibility index (Phi) is 7.85. The number of hydrogen-bond donors (Lipinski definition) is 0. The van der Waals surface area contributed by atoms with Gasteiger partial charge in [0.25, 0.3) is 0 Å². The van der Waals surface area contributed by atoms with Gasteiger partial charge in [-0.25, -0.2) is 9.13 Å². The fourth-order valence-corrected chi connectivity index (χ4v) is 5.52. The largest absolute Gasteiger partial charge is 0.484 e. The van der Waals surface area contributed by atoms with Gasteiger partial charge in [-0.1, -0.05) is 0 Å². The number of phosphoric ester groups is 2. The molecule has 0 saturated heterocycles. The van der Waals surface area contributed by atoms with Gasteiger partial charge in [0.05, 0.1) is 76.5 Å². The lowest BCUT2D eigenvalue weighted by molar-refractivity contribution is 0.0964. The van der Waals surface area contributed by atoms with Gasteiger partial charge in [-0.3, -0.25) is 18.1 Å². The first-order chi connectivity index (χ1) is 16.0. The Morgan fingerprint density at radius 3 is 1.00 bits per heavy atom. The van der Waals surface area contributed by atoms with Crippen molar-refractivity contribution in [2.45, 2.75) is 26.4 Å². The summed E-state index contributed by atoms with van der Waals surface area (Å²) in [5, 5.41) is 0. The van der Waals surface area contributed by atoms with E-state index in [-0.39, 0.29) is 26.4 Å². The van der Waals surface area contributed by atoms with Crippen LogP contribution in [0.3, 0.4) is 0 Å². The smallest absolute Gasteiger partial charge is 0.472 e. The van der Waals surface area contributed by atoms with Crippen LogP contribution >= 0.6 is 15.6 Å². The highest BCUT2D eigenvalue weighted by Crippen LogP contribution is 2.67. The topological polar surface area (TPSA) is 133 Å². The molecule has 0 aliphatic carbocycles. The minimum atomic E-state index is -4.48. The van der Waals surface area contributed by atoms with Crippen molar-refractivity contribution >= 4 is 15.6 Å². The average molecular weight is 498 g/mol. The third-order valence-corrected chi connectivity index (χ3v) is 7.46. The molecule has 4 aromatic rings. The van der Waals surface area contributed by atoms with Gasteiger partial charge in [0.2, 0.25) is 0 Å². The maximum absolute atomic E-state index is 13.4. The molecule has 0 unspecified atom stereocenters. The molecule has 33 heavy (non-hydrogen) atoms. The van der Waals surface area contributed by atoms with Gasteiger partial charge in [0.15, 0.2) is 0 Å². The molecule has 0 amide bonds. The van der Waals surface area contributed by atoms with Crippen LogP contribution in [-0.2, 0) is 58.0 Å². The highest BCUT2D eigenvalue weighted by molar-refractivity contribution is 7.62. The Hall–Kier alpha value is -2.62. The number of furan rings is 4. The van der Waals surface area contributed by atoms with Gasteiger partial charge in [0.1, 0.15) is 0 Å². The van der Waals surface area contributed by atoms with E-state index in [0.717, 1.165) is 0 Å². The van der Waals surface area contributed by atoms with E-state index in [1.807, 2.05) is 0 Å². The fraction of sp³-hybridized carbons (Fsp3) is 0.200. The van der Waals surface area contributed by atoms with E-state index in [0.29, 0.717) is 22.3 Å². The summed E-state index contributed by atoms with van der Waals surface area (Å²) in [5.41, 5.74) is 2.22. The van der Waals surface area contributed by atoms with E-state index in [1.165, 1.54) is 50.1 Å². The number of rotatable bonds is 14. The van der Waals surface area contributed by atoms with Crippen LogP contribution in [-0.4, -0.2) is 0 Å². The van der Waals surface area contributed by atoms with Crippen molar-refractivity contribution in [3.05, 3.63) is 96.6 Å². The highest BCUT2D eigenvalue weighted by atomic mass is 31.3. The van der Waals surface area contributed by atoms with Crippen LogP contribution in [0, 0.1) is 0 Å². The van der Waals surface area contributed by atoms with E-state index >= 15 is 0 Å². The zero-order chi connectivity index (χ0) is 23.0. The van der Waals surface area contributed by atoms with Crippen LogP contribution in [0.4, 0.5) is 0 Å². The lowest BCUT2D eigenvalue weighted by atomic mass is 10.4. The van der Waals surface area contributed by atoms with E-state index in [2.05, 4.69) is 0 Å². The quantitative estimate of drug-likeness (QED) is 0.177. The lowest BCUT2D eigenvalue weighted by Gasteiger charge is -2.22. The van der Waals surface area contributed by atoms with E-state index in [1.54, 1.807) is 24.3 Å². The maximum Gasteiger partial charge on any atom is 0.484 e. The molecule has 4 aromatic heterocycles. The van der Waals surface area contributed by atoms with E-state index in [9.17, 15) is 9.13 Å². The zero-order valence-corrected chi connectivity index (χ0v) is 18.9. The third-order valence-electron chi connectivity index (χ3n) is 4.08. The average Bonchev–Trinajstić information content (AvgIpc) is 3.63. The van der Waals surface area contributed by atoms with E-state index in [4.69, 9.17) is 40.1 Å². The molecule has 0 saturated carbocycles. The van der Waals surface area contributed by atoms with Crippen molar-refractivity contribution in [1.82, 2.24) is 0 Å². The molecule has 13 heteroatoms. The van der Waals surface area contributed by atoms with Crippen molar-refractivity contribution < 1.29 is 49.2 Å². The molecule has 4 rings (SSSR count). The molecule has 0 radical (unpaired) electrons. The Labute approximate surface area is 188 Å². The first-order valence-corrected chi connectivity index (χ1v) is 12.5. The summed E-state index contributed by atoms with van der Waals surface area (Å²) in [6, 6.07) is 6.41. The highest BCUT2D eigenvalue weighted by Gasteiger charge is 2.41.